The summed E-state index contributed by atoms with van der Waals surface area (Å²) in [6, 6.07) is 0. The number of aliphatic carboxylic acids is 2. The van der Waals surface area contributed by atoms with Crippen molar-refractivity contribution in [3.63, 3.8) is 0 Å². The first-order valence-electron chi connectivity index (χ1n) is 5.76. The maximum absolute atomic E-state index is 10.3. The minimum absolute atomic E-state index is 0.0278. The number of esters is 1. The summed E-state index contributed by atoms with van der Waals surface area (Å²) in [6.45, 7) is 13.3. The number of unbranched alkanes of at least 4 members (excludes halogenated alkanes) is 1. The zero-order valence-electron chi connectivity index (χ0n) is 11.9. The van der Waals surface area contributed by atoms with E-state index in [0.29, 0.717) is 6.61 Å². The van der Waals surface area contributed by atoms with Gasteiger partial charge in [0.1, 0.15) is 0 Å². The molecule has 0 rings (SSSR count). The van der Waals surface area contributed by atoms with Crippen molar-refractivity contribution in [2.45, 2.75) is 26.7 Å². The Balaban J connectivity index is -0.000000234. The molecule has 6 nitrogen and oxygen atoms in total. The molecule has 2 N–H and O–H groups in total. The number of rotatable bonds is 6. The van der Waals surface area contributed by atoms with Crippen LogP contribution in [0.25, 0.3) is 0 Å². The molecule has 0 amide bonds. The maximum Gasteiger partial charge on any atom is 0.335 e. The van der Waals surface area contributed by atoms with E-state index in [9.17, 15) is 9.59 Å². The molecule has 0 unspecified atom stereocenters. The van der Waals surface area contributed by atoms with E-state index in [1.165, 1.54) is 12.2 Å². The lowest BCUT2D eigenvalue weighted by Gasteiger charge is -1.97. The molecule has 0 bridgehead atoms. The van der Waals surface area contributed by atoms with Gasteiger partial charge in [-0.2, -0.15) is 0 Å². The molecule has 0 aromatic rings. The zero-order valence-corrected chi connectivity index (χ0v) is 11.9. The molecule has 0 radical (unpaired) electrons. The Morgan fingerprint density at radius 2 is 1.60 bits per heavy atom. The molecule has 20 heavy (non-hydrogen) atoms. The van der Waals surface area contributed by atoms with Crippen molar-refractivity contribution in [3.8, 4) is 0 Å². The molecule has 0 aliphatic rings. The summed E-state index contributed by atoms with van der Waals surface area (Å²) in [5.74, 6) is -2.18. The van der Waals surface area contributed by atoms with Gasteiger partial charge in [0.2, 0.25) is 0 Å². The molecule has 0 fully saturated rings. The maximum atomic E-state index is 10.3. The van der Waals surface area contributed by atoms with E-state index >= 15 is 0 Å². The Morgan fingerprint density at radius 3 is 1.80 bits per heavy atom. The molecular weight excluding hydrogens is 264 g/mol. The number of hydrogen-bond donors (Lipinski definition) is 2. The minimum Gasteiger partial charge on any atom is -0.481 e. The number of carboxylic acid groups (broad SMARTS) is 2. The fraction of sp³-hybridized carbons (Fsp3) is 0.357. The van der Waals surface area contributed by atoms with Crippen molar-refractivity contribution in [1.82, 2.24) is 0 Å². The Labute approximate surface area is 119 Å². The third-order valence-electron chi connectivity index (χ3n) is 1.43. The molecule has 0 heterocycles. The average molecular weight is 286 g/mol. The predicted octanol–water partition coefficient (Wildman–Crippen LogP) is 2.42. The molecule has 0 saturated carbocycles. The van der Waals surface area contributed by atoms with Crippen molar-refractivity contribution in [3.05, 3.63) is 37.5 Å². The molecule has 0 aromatic carbocycles. The molecule has 0 saturated heterocycles. The van der Waals surface area contributed by atoms with Gasteiger partial charge in [-0.15, -0.1) is 0 Å². The quantitative estimate of drug-likeness (QED) is 0.336. The number of carbonyl (C=O) groups excluding carboxylic acids is 1. The monoisotopic (exact) mass is 286 g/mol. The zero-order chi connectivity index (χ0) is 16.6. The van der Waals surface area contributed by atoms with Crippen molar-refractivity contribution in [2.24, 2.45) is 0 Å². The van der Waals surface area contributed by atoms with Crippen LogP contribution in [0.5, 0.6) is 0 Å². The highest BCUT2D eigenvalue weighted by Crippen LogP contribution is 1.88. The van der Waals surface area contributed by atoms with Crippen LogP contribution in [0.15, 0.2) is 37.5 Å². The van der Waals surface area contributed by atoms with Crippen LogP contribution in [0.4, 0.5) is 0 Å². The summed E-state index contributed by atoms with van der Waals surface area (Å²) in [5.41, 5.74) is 0.0278. The SMILES string of the molecule is C=CC(=C)C(=O)O.C=CC(=O)OCCCC.CC(=O)O. The fourth-order valence-corrected chi connectivity index (χ4v) is 0.463. The Kier molecular flexibility index (Phi) is 18.9. The van der Waals surface area contributed by atoms with E-state index in [1.54, 1.807) is 0 Å². The van der Waals surface area contributed by atoms with E-state index in [1.807, 2.05) is 6.92 Å². The van der Waals surface area contributed by atoms with Crippen molar-refractivity contribution in [2.75, 3.05) is 6.61 Å². The molecule has 0 aliphatic heterocycles. The van der Waals surface area contributed by atoms with Gasteiger partial charge in [-0.25, -0.2) is 9.59 Å². The number of hydrogen-bond acceptors (Lipinski definition) is 4. The number of carboxylic acids is 2. The summed E-state index contributed by atoms with van der Waals surface area (Å²) >= 11 is 0. The van der Waals surface area contributed by atoms with E-state index in [2.05, 4.69) is 24.5 Å². The summed E-state index contributed by atoms with van der Waals surface area (Å²) in [6.07, 6.45) is 4.35. The highest BCUT2D eigenvalue weighted by Gasteiger charge is 1.93. The fourth-order valence-electron chi connectivity index (χ4n) is 0.463. The van der Waals surface area contributed by atoms with Gasteiger partial charge in [0.25, 0.3) is 5.97 Å². The first-order chi connectivity index (χ1) is 9.22. The minimum atomic E-state index is -1.02. The third-order valence-corrected chi connectivity index (χ3v) is 1.43. The Hall–Kier alpha value is -2.37. The molecule has 6 heteroatoms. The standard InChI is InChI=1S/C7H12O2.C5H6O2.C2H4O2/c1-3-5-6-9-7(8)4-2;1-3-4(2)5(6)7;1-2(3)4/h4H,2-3,5-6H2,1H3;3H,1-2H2,(H,6,7);1H3,(H,3,4). The summed E-state index contributed by atoms with van der Waals surface area (Å²) in [4.78, 5) is 29.1. The largest absolute Gasteiger partial charge is 0.481 e. The smallest absolute Gasteiger partial charge is 0.335 e. The lowest BCUT2D eigenvalue weighted by Crippen LogP contribution is -2.00. The van der Waals surface area contributed by atoms with Crippen LogP contribution in [0.3, 0.4) is 0 Å². The van der Waals surface area contributed by atoms with Gasteiger partial charge < -0.3 is 14.9 Å². The average Bonchev–Trinajstić information content (AvgIpc) is 2.37. The second-order valence-corrected chi connectivity index (χ2v) is 3.28. The number of carbonyl (C=O) groups is 3. The molecule has 0 spiro atoms. The van der Waals surface area contributed by atoms with Gasteiger partial charge in [0.05, 0.1) is 12.2 Å². The second kappa shape index (κ2) is 16.6. The van der Waals surface area contributed by atoms with Gasteiger partial charge in [0, 0.05) is 13.0 Å². The summed E-state index contributed by atoms with van der Waals surface area (Å²) < 4.78 is 4.67. The van der Waals surface area contributed by atoms with E-state index < -0.39 is 11.9 Å². The normalized spacial score (nSPS) is 7.70. The van der Waals surface area contributed by atoms with Crippen LogP contribution in [-0.2, 0) is 19.1 Å². The Bertz CT molecular complexity index is 340. The molecule has 0 atom stereocenters. The first-order valence-corrected chi connectivity index (χ1v) is 5.76. The third kappa shape index (κ3) is 29.6. The van der Waals surface area contributed by atoms with Crippen molar-refractivity contribution >= 4 is 17.9 Å². The van der Waals surface area contributed by atoms with Crippen LogP contribution in [0.1, 0.15) is 26.7 Å². The van der Waals surface area contributed by atoms with Crippen LogP contribution < -0.4 is 0 Å². The number of ether oxygens (including phenoxy) is 1. The van der Waals surface area contributed by atoms with Crippen LogP contribution in [0.2, 0.25) is 0 Å². The van der Waals surface area contributed by atoms with Crippen LogP contribution in [-0.4, -0.2) is 34.7 Å². The van der Waals surface area contributed by atoms with Gasteiger partial charge in [-0.05, 0) is 6.42 Å². The van der Waals surface area contributed by atoms with E-state index in [-0.39, 0.29) is 11.5 Å². The predicted molar refractivity (Wildman–Crippen MR) is 76.3 cm³/mol. The second-order valence-electron chi connectivity index (χ2n) is 3.28. The van der Waals surface area contributed by atoms with Gasteiger partial charge in [-0.3, -0.25) is 4.79 Å². The van der Waals surface area contributed by atoms with Crippen LogP contribution >= 0.6 is 0 Å². The highest BCUT2D eigenvalue weighted by atomic mass is 16.5. The van der Waals surface area contributed by atoms with Gasteiger partial charge >= 0.3 is 11.9 Å². The van der Waals surface area contributed by atoms with Crippen LogP contribution in [0, 0.1) is 0 Å². The summed E-state index contributed by atoms with van der Waals surface area (Å²) in [5, 5.41) is 15.4. The van der Waals surface area contributed by atoms with E-state index in [4.69, 9.17) is 15.0 Å². The first kappa shape index (κ1) is 22.8. The Morgan fingerprint density at radius 1 is 1.15 bits per heavy atom. The highest BCUT2D eigenvalue weighted by molar-refractivity contribution is 5.88. The topological polar surface area (TPSA) is 101 Å². The lowest BCUT2D eigenvalue weighted by atomic mass is 10.3. The summed E-state index contributed by atoms with van der Waals surface area (Å²) in [7, 11) is 0. The van der Waals surface area contributed by atoms with E-state index in [0.717, 1.165) is 19.8 Å². The van der Waals surface area contributed by atoms with Crippen molar-refractivity contribution < 1.29 is 29.3 Å². The van der Waals surface area contributed by atoms with Crippen molar-refractivity contribution in [1.29, 1.82) is 0 Å². The molecule has 114 valence electrons. The molecular formula is C14H22O6. The van der Waals surface area contributed by atoms with Gasteiger partial charge in [0.15, 0.2) is 0 Å². The molecule has 0 aliphatic carbocycles. The van der Waals surface area contributed by atoms with Gasteiger partial charge in [-0.1, -0.05) is 39.2 Å². The molecule has 0 aromatic heterocycles. The lowest BCUT2D eigenvalue weighted by molar-refractivity contribution is -0.138.